The molecule has 3 rings (SSSR count). The van der Waals surface area contributed by atoms with Crippen LogP contribution in [0.1, 0.15) is 49.0 Å². The van der Waals surface area contributed by atoms with Crippen molar-refractivity contribution in [2.45, 2.75) is 45.1 Å². The van der Waals surface area contributed by atoms with Crippen molar-refractivity contribution in [2.24, 2.45) is 5.92 Å². The van der Waals surface area contributed by atoms with E-state index in [0.29, 0.717) is 23.7 Å². The number of phenolic OH excluding ortho intramolecular Hbond substituents is 1. The quantitative estimate of drug-likeness (QED) is 0.660. The second-order valence-corrected chi connectivity index (χ2v) is 6.21. The molecular formula is C17H20O3. The van der Waals surface area contributed by atoms with Crippen LogP contribution in [0.25, 0.3) is 0 Å². The number of hydrogen-bond donors (Lipinski definition) is 1. The Labute approximate surface area is 119 Å². The fourth-order valence-electron chi connectivity index (χ4n) is 3.39. The molecule has 2 aliphatic rings. The highest BCUT2D eigenvalue weighted by Crippen LogP contribution is 2.47. The first-order valence-electron chi connectivity index (χ1n) is 7.18. The molecule has 1 aliphatic heterocycles. The van der Waals surface area contributed by atoms with Crippen molar-refractivity contribution < 1.29 is 14.6 Å². The third-order valence-corrected chi connectivity index (χ3v) is 4.76. The summed E-state index contributed by atoms with van der Waals surface area (Å²) in [5, 5.41) is 10.0. The Morgan fingerprint density at radius 3 is 2.90 bits per heavy atom. The fourth-order valence-corrected chi connectivity index (χ4v) is 3.39. The Balaban J connectivity index is 1.93. The minimum atomic E-state index is -0.323. The van der Waals surface area contributed by atoms with Gasteiger partial charge in [0.1, 0.15) is 17.1 Å². The van der Waals surface area contributed by atoms with Crippen LogP contribution in [0.4, 0.5) is 0 Å². The topological polar surface area (TPSA) is 46.5 Å². The van der Waals surface area contributed by atoms with Crippen molar-refractivity contribution in [1.29, 1.82) is 0 Å². The minimum Gasteiger partial charge on any atom is -0.508 e. The molecule has 0 radical (unpaired) electrons. The molecule has 1 N–H and O–H groups in total. The van der Waals surface area contributed by atoms with Gasteiger partial charge in [-0.1, -0.05) is 11.6 Å². The molecule has 0 aromatic heterocycles. The van der Waals surface area contributed by atoms with Crippen LogP contribution >= 0.6 is 0 Å². The van der Waals surface area contributed by atoms with E-state index in [2.05, 4.69) is 19.9 Å². The van der Waals surface area contributed by atoms with Gasteiger partial charge in [-0.15, -0.1) is 0 Å². The molecule has 1 heterocycles. The molecule has 0 saturated heterocycles. The number of carbonyl (C=O) groups is 1. The molecule has 0 bridgehead atoms. The van der Waals surface area contributed by atoms with Gasteiger partial charge in [0.25, 0.3) is 0 Å². The van der Waals surface area contributed by atoms with Gasteiger partial charge in [-0.3, -0.25) is 4.79 Å². The number of aromatic hydroxyl groups is 1. The minimum absolute atomic E-state index is 0.233. The van der Waals surface area contributed by atoms with E-state index >= 15 is 0 Å². The van der Waals surface area contributed by atoms with E-state index in [0.717, 1.165) is 31.1 Å². The Morgan fingerprint density at radius 2 is 2.25 bits per heavy atom. The largest absolute Gasteiger partial charge is 0.508 e. The van der Waals surface area contributed by atoms with Crippen LogP contribution in [0, 0.1) is 5.92 Å². The second-order valence-electron chi connectivity index (χ2n) is 6.21. The van der Waals surface area contributed by atoms with Gasteiger partial charge >= 0.3 is 0 Å². The molecule has 1 aliphatic carbocycles. The van der Waals surface area contributed by atoms with E-state index in [9.17, 15) is 9.90 Å². The van der Waals surface area contributed by atoms with Crippen LogP contribution in [-0.4, -0.2) is 17.0 Å². The molecule has 106 valence electrons. The van der Waals surface area contributed by atoms with Gasteiger partial charge in [-0.25, -0.2) is 0 Å². The third kappa shape index (κ3) is 2.01. The lowest BCUT2D eigenvalue weighted by molar-refractivity contribution is 0.0415. The summed E-state index contributed by atoms with van der Waals surface area (Å²) < 4.78 is 6.15. The Hall–Kier alpha value is -1.77. The highest BCUT2D eigenvalue weighted by atomic mass is 16.5. The predicted octanol–water partition coefficient (Wildman–Crippen LogP) is 3.64. The smallest absolute Gasteiger partial charge is 0.153 e. The maximum absolute atomic E-state index is 11.1. The SMILES string of the molecule is CC1=CC[C@H](C2(C)Cc3c(O)ccc(C=O)c3O2)CC1. The molecule has 0 spiro atoms. The van der Waals surface area contributed by atoms with E-state index in [4.69, 9.17) is 4.74 Å². The number of rotatable bonds is 2. The summed E-state index contributed by atoms with van der Waals surface area (Å²) in [6.45, 7) is 4.26. The lowest BCUT2D eigenvalue weighted by atomic mass is 9.76. The Morgan fingerprint density at radius 1 is 1.45 bits per heavy atom. The van der Waals surface area contributed by atoms with Gasteiger partial charge in [0.15, 0.2) is 6.29 Å². The Kier molecular flexibility index (Phi) is 3.08. The first-order valence-corrected chi connectivity index (χ1v) is 7.18. The van der Waals surface area contributed by atoms with Crippen molar-refractivity contribution in [2.75, 3.05) is 0 Å². The maximum atomic E-state index is 11.1. The number of fused-ring (bicyclic) bond motifs is 1. The normalized spacial score (nSPS) is 28.5. The van der Waals surface area contributed by atoms with E-state index < -0.39 is 0 Å². The average Bonchev–Trinajstić information content (AvgIpc) is 2.80. The van der Waals surface area contributed by atoms with Crippen molar-refractivity contribution in [3.05, 3.63) is 34.9 Å². The molecule has 20 heavy (non-hydrogen) atoms. The zero-order valence-corrected chi connectivity index (χ0v) is 12.0. The van der Waals surface area contributed by atoms with Crippen LogP contribution in [0.15, 0.2) is 23.8 Å². The second kappa shape index (κ2) is 4.65. The zero-order valence-electron chi connectivity index (χ0n) is 12.0. The van der Waals surface area contributed by atoms with Crippen molar-refractivity contribution in [1.82, 2.24) is 0 Å². The van der Waals surface area contributed by atoms with Crippen LogP contribution in [0.5, 0.6) is 11.5 Å². The van der Waals surface area contributed by atoms with Crippen LogP contribution < -0.4 is 4.74 Å². The predicted molar refractivity (Wildman–Crippen MR) is 77.3 cm³/mol. The molecule has 2 atom stereocenters. The fraction of sp³-hybridized carbons (Fsp3) is 0.471. The van der Waals surface area contributed by atoms with Crippen LogP contribution in [-0.2, 0) is 6.42 Å². The monoisotopic (exact) mass is 272 g/mol. The number of benzene rings is 1. The molecular weight excluding hydrogens is 252 g/mol. The number of carbonyl (C=O) groups excluding carboxylic acids is 1. The van der Waals surface area contributed by atoms with E-state index in [1.807, 2.05) is 0 Å². The summed E-state index contributed by atoms with van der Waals surface area (Å²) in [5.41, 5.74) is 2.43. The molecule has 1 aromatic carbocycles. The molecule has 1 aromatic rings. The number of aldehydes is 1. The average molecular weight is 272 g/mol. The highest BCUT2D eigenvalue weighted by Gasteiger charge is 2.43. The maximum Gasteiger partial charge on any atom is 0.153 e. The molecule has 0 fully saturated rings. The summed E-state index contributed by atoms with van der Waals surface area (Å²) >= 11 is 0. The molecule has 1 unspecified atom stereocenters. The summed E-state index contributed by atoms with van der Waals surface area (Å²) in [7, 11) is 0. The van der Waals surface area contributed by atoms with E-state index in [1.165, 1.54) is 5.57 Å². The van der Waals surface area contributed by atoms with E-state index in [-0.39, 0.29) is 11.4 Å². The standard InChI is InChI=1S/C17H20O3/c1-11-3-6-13(7-4-11)17(2)9-14-15(19)8-5-12(10-18)16(14)20-17/h3,5,8,10,13,19H,4,6-7,9H2,1-2H3/t13-,17?/m0/s1. The Bertz CT molecular complexity index is 588. The third-order valence-electron chi connectivity index (χ3n) is 4.76. The van der Waals surface area contributed by atoms with Crippen molar-refractivity contribution in [3.63, 3.8) is 0 Å². The van der Waals surface area contributed by atoms with Crippen LogP contribution in [0.3, 0.4) is 0 Å². The summed E-state index contributed by atoms with van der Waals surface area (Å²) in [6, 6.07) is 3.21. The van der Waals surface area contributed by atoms with Gasteiger partial charge in [0.05, 0.1) is 5.56 Å². The molecule has 3 heteroatoms. The summed E-state index contributed by atoms with van der Waals surface area (Å²) in [5.74, 6) is 1.24. The summed E-state index contributed by atoms with van der Waals surface area (Å²) in [6.07, 6.45) is 6.97. The number of allylic oxidation sites excluding steroid dienone is 2. The first kappa shape index (κ1) is 13.2. The molecule has 0 amide bonds. The molecule has 3 nitrogen and oxygen atoms in total. The number of phenols is 1. The van der Waals surface area contributed by atoms with Gasteiger partial charge < -0.3 is 9.84 Å². The number of ether oxygens (including phenoxy) is 1. The lowest BCUT2D eigenvalue weighted by Crippen LogP contribution is -2.40. The zero-order chi connectivity index (χ0) is 14.3. The van der Waals surface area contributed by atoms with Crippen molar-refractivity contribution >= 4 is 6.29 Å². The van der Waals surface area contributed by atoms with Gasteiger partial charge in [-0.05, 0) is 45.2 Å². The highest BCUT2D eigenvalue weighted by molar-refractivity contribution is 5.81. The van der Waals surface area contributed by atoms with Crippen LogP contribution in [0.2, 0.25) is 0 Å². The van der Waals surface area contributed by atoms with Crippen molar-refractivity contribution in [3.8, 4) is 11.5 Å². The van der Waals surface area contributed by atoms with Gasteiger partial charge in [0.2, 0.25) is 0 Å². The lowest BCUT2D eigenvalue weighted by Gasteiger charge is -2.35. The number of hydrogen-bond acceptors (Lipinski definition) is 3. The van der Waals surface area contributed by atoms with E-state index in [1.54, 1.807) is 12.1 Å². The summed E-state index contributed by atoms with van der Waals surface area (Å²) in [4.78, 5) is 11.1. The van der Waals surface area contributed by atoms with Gasteiger partial charge in [-0.2, -0.15) is 0 Å². The van der Waals surface area contributed by atoms with Gasteiger partial charge in [0, 0.05) is 17.9 Å². The first-order chi connectivity index (χ1) is 9.53. The molecule has 0 saturated carbocycles.